The molecule has 7 nitrogen and oxygen atoms in total. The molecule has 0 atom stereocenters. The minimum absolute atomic E-state index is 0.114. The van der Waals surface area contributed by atoms with Crippen molar-refractivity contribution in [3.8, 4) is 0 Å². The normalized spacial score (nSPS) is 11.6. The Morgan fingerprint density at radius 1 is 1.03 bits per heavy atom. The first-order valence-electron chi connectivity index (χ1n) is 7.86. The molecule has 1 amide bonds. The molecule has 0 radical (unpaired) electrons. The third kappa shape index (κ3) is 6.95. The van der Waals surface area contributed by atoms with Crippen molar-refractivity contribution in [1.29, 1.82) is 0 Å². The summed E-state index contributed by atoms with van der Waals surface area (Å²) in [5.74, 6) is -2.25. The highest BCUT2D eigenvalue weighted by molar-refractivity contribution is 7.92. The molecule has 0 spiro atoms. The Morgan fingerprint density at radius 2 is 1.66 bits per heavy atom. The number of ether oxygens (including phenoxy) is 1. The van der Waals surface area contributed by atoms with E-state index in [4.69, 9.17) is 11.6 Å². The van der Waals surface area contributed by atoms with Gasteiger partial charge in [-0.05, 0) is 36.4 Å². The van der Waals surface area contributed by atoms with Gasteiger partial charge in [0, 0.05) is 5.02 Å². The minimum Gasteiger partial charge on any atom is -0.452 e. The lowest BCUT2D eigenvalue weighted by Gasteiger charge is -2.13. The van der Waals surface area contributed by atoms with Crippen LogP contribution in [0.15, 0.2) is 53.4 Å². The molecule has 2 N–H and O–H groups in total. The molecule has 0 fully saturated rings. The summed E-state index contributed by atoms with van der Waals surface area (Å²) in [4.78, 5) is 23.4. The van der Waals surface area contributed by atoms with Crippen LogP contribution in [-0.2, 0) is 19.6 Å². The standard InChI is InChI=1S/C17H14ClF3N2O5S/c18-11-5-7-12(8-6-11)29(26,27)23-14-4-2-1-3-13(14)16(25)28-9-15(24)22-10-17(19,20)21/h1-8,23H,9-10H2,(H,22,24). The number of alkyl halides is 3. The summed E-state index contributed by atoms with van der Waals surface area (Å²) < 4.78 is 68.0. The third-order valence-corrected chi connectivity index (χ3v) is 4.97. The molecular weight excluding hydrogens is 437 g/mol. The van der Waals surface area contributed by atoms with Crippen LogP contribution in [0.5, 0.6) is 0 Å². The maximum Gasteiger partial charge on any atom is 0.405 e. The van der Waals surface area contributed by atoms with Gasteiger partial charge in [-0.3, -0.25) is 9.52 Å². The van der Waals surface area contributed by atoms with E-state index >= 15 is 0 Å². The smallest absolute Gasteiger partial charge is 0.405 e. The molecule has 29 heavy (non-hydrogen) atoms. The first-order chi connectivity index (χ1) is 13.5. The second-order valence-electron chi connectivity index (χ2n) is 5.57. The first-order valence-corrected chi connectivity index (χ1v) is 9.72. The zero-order valence-electron chi connectivity index (χ0n) is 14.5. The lowest BCUT2D eigenvalue weighted by Crippen LogP contribution is -2.36. The number of esters is 1. The molecule has 0 aliphatic heterocycles. The van der Waals surface area contributed by atoms with Gasteiger partial charge in [0.25, 0.3) is 15.9 Å². The molecule has 0 bridgehead atoms. The fourth-order valence-corrected chi connectivity index (χ4v) is 3.23. The second-order valence-corrected chi connectivity index (χ2v) is 7.69. The van der Waals surface area contributed by atoms with Crippen LogP contribution in [0.1, 0.15) is 10.4 Å². The molecule has 12 heteroatoms. The van der Waals surface area contributed by atoms with Crippen LogP contribution in [0.25, 0.3) is 0 Å². The number of carbonyl (C=O) groups excluding carboxylic acids is 2. The van der Waals surface area contributed by atoms with E-state index in [1.165, 1.54) is 48.5 Å². The SMILES string of the molecule is O=C(COC(=O)c1ccccc1NS(=O)(=O)c1ccc(Cl)cc1)NCC(F)(F)F. The van der Waals surface area contributed by atoms with Crippen molar-refractivity contribution in [3.05, 3.63) is 59.1 Å². The number of hydrogen-bond acceptors (Lipinski definition) is 5. The van der Waals surface area contributed by atoms with E-state index in [9.17, 15) is 31.2 Å². The molecule has 0 saturated carbocycles. The molecule has 2 aromatic rings. The molecule has 156 valence electrons. The summed E-state index contributed by atoms with van der Waals surface area (Å²) in [5, 5.41) is 1.88. The molecule has 0 saturated heterocycles. The number of benzene rings is 2. The fourth-order valence-electron chi connectivity index (χ4n) is 2.03. The Hall–Kier alpha value is -2.79. The molecular formula is C17H14ClF3N2O5S. The highest BCUT2D eigenvalue weighted by atomic mass is 35.5. The second kappa shape index (κ2) is 9.14. The quantitative estimate of drug-likeness (QED) is 0.631. The van der Waals surface area contributed by atoms with Gasteiger partial charge in [0.1, 0.15) is 6.54 Å². The lowest BCUT2D eigenvalue weighted by molar-refractivity contribution is -0.140. The maximum atomic E-state index is 12.5. The number of nitrogens with one attached hydrogen (secondary N) is 2. The number of halogens is 4. The summed E-state index contributed by atoms with van der Waals surface area (Å²) in [6.45, 7) is -2.53. The summed E-state index contributed by atoms with van der Waals surface area (Å²) in [6.07, 6.45) is -4.60. The highest BCUT2D eigenvalue weighted by Gasteiger charge is 2.28. The van der Waals surface area contributed by atoms with E-state index in [2.05, 4.69) is 9.46 Å². The molecule has 0 aliphatic carbocycles. The average molecular weight is 451 g/mol. The predicted molar refractivity (Wildman–Crippen MR) is 98.0 cm³/mol. The number of sulfonamides is 1. The van der Waals surface area contributed by atoms with Crippen molar-refractivity contribution in [3.63, 3.8) is 0 Å². The Morgan fingerprint density at radius 3 is 2.28 bits per heavy atom. The topological polar surface area (TPSA) is 102 Å². The Labute approximate surface area is 168 Å². The number of amides is 1. The summed E-state index contributed by atoms with van der Waals surface area (Å²) >= 11 is 5.72. The molecule has 0 heterocycles. The van der Waals surface area contributed by atoms with Crippen LogP contribution in [-0.4, -0.2) is 39.6 Å². The number of hydrogen-bond donors (Lipinski definition) is 2. The van der Waals surface area contributed by atoms with Crippen molar-refractivity contribution < 1.29 is 35.9 Å². The van der Waals surface area contributed by atoms with E-state index in [1.54, 1.807) is 5.32 Å². The van der Waals surface area contributed by atoms with E-state index in [0.29, 0.717) is 5.02 Å². The molecule has 0 aromatic heterocycles. The van der Waals surface area contributed by atoms with Gasteiger partial charge < -0.3 is 10.1 Å². The van der Waals surface area contributed by atoms with Crippen molar-refractivity contribution in [2.24, 2.45) is 0 Å². The van der Waals surface area contributed by atoms with Gasteiger partial charge in [-0.1, -0.05) is 23.7 Å². The van der Waals surface area contributed by atoms with Crippen LogP contribution >= 0.6 is 11.6 Å². The van der Waals surface area contributed by atoms with Crippen LogP contribution in [0.2, 0.25) is 5.02 Å². The fraction of sp³-hybridized carbons (Fsp3) is 0.176. The molecule has 0 aliphatic rings. The van der Waals surface area contributed by atoms with Crippen LogP contribution in [0.4, 0.5) is 18.9 Å². The van der Waals surface area contributed by atoms with E-state index in [0.717, 1.165) is 0 Å². The van der Waals surface area contributed by atoms with Crippen molar-refractivity contribution in [2.45, 2.75) is 11.1 Å². The van der Waals surface area contributed by atoms with Gasteiger partial charge in [0.05, 0.1) is 16.1 Å². The van der Waals surface area contributed by atoms with E-state index in [1.807, 2.05) is 0 Å². The van der Waals surface area contributed by atoms with Gasteiger partial charge in [0.2, 0.25) is 0 Å². The zero-order valence-corrected chi connectivity index (χ0v) is 16.1. The molecule has 0 unspecified atom stereocenters. The Balaban J connectivity index is 2.09. The maximum absolute atomic E-state index is 12.5. The van der Waals surface area contributed by atoms with Gasteiger partial charge in [-0.25, -0.2) is 13.2 Å². The zero-order chi connectivity index (χ0) is 21.7. The first kappa shape index (κ1) is 22.5. The van der Waals surface area contributed by atoms with Crippen molar-refractivity contribution in [2.75, 3.05) is 17.9 Å². The van der Waals surface area contributed by atoms with Gasteiger partial charge >= 0.3 is 12.1 Å². The number of para-hydroxylation sites is 1. The van der Waals surface area contributed by atoms with E-state index < -0.39 is 41.2 Å². The van der Waals surface area contributed by atoms with Crippen molar-refractivity contribution in [1.82, 2.24) is 5.32 Å². The lowest BCUT2D eigenvalue weighted by atomic mass is 10.2. The van der Waals surface area contributed by atoms with Gasteiger partial charge in [0.15, 0.2) is 6.61 Å². The predicted octanol–water partition coefficient (Wildman–Crippen LogP) is 2.98. The number of carbonyl (C=O) groups is 2. The van der Waals surface area contributed by atoms with Crippen LogP contribution in [0.3, 0.4) is 0 Å². The monoisotopic (exact) mass is 450 g/mol. The average Bonchev–Trinajstić information content (AvgIpc) is 2.64. The minimum atomic E-state index is -4.60. The Kier molecular flexibility index (Phi) is 7.09. The summed E-state index contributed by atoms with van der Waals surface area (Å²) in [5.41, 5.74) is -0.364. The van der Waals surface area contributed by atoms with Crippen LogP contribution in [0, 0.1) is 0 Å². The van der Waals surface area contributed by atoms with E-state index in [-0.39, 0.29) is 16.1 Å². The highest BCUT2D eigenvalue weighted by Crippen LogP contribution is 2.22. The van der Waals surface area contributed by atoms with Crippen molar-refractivity contribution >= 4 is 39.2 Å². The molecule has 2 aromatic carbocycles. The number of rotatable bonds is 7. The van der Waals surface area contributed by atoms with Gasteiger partial charge in [-0.15, -0.1) is 0 Å². The Bertz CT molecular complexity index is 995. The largest absolute Gasteiger partial charge is 0.452 e. The summed E-state index contributed by atoms with van der Waals surface area (Å²) in [7, 11) is -4.06. The number of anilines is 1. The van der Waals surface area contributed by atoms with Gasteiger partial charge in [-0.2, -0.15) is 13.2 Å². The third-order valence-electron chi connectivity index (χ3n) is 3.34. The summed E-state index contributed by atoms with van der Waals surface area (Å²) in [6, 6.07) is 10.6. The van der Waals surface area contributed by atoms with Crippen LogP contribution < -0.4 is 10.0 Å². The molecule has 2 rings (SSSR count).